The number of terminal acetylenes is 1. The van der Waals surface area contributed by atoms with Crippen molar-refractivity contribution in [1.82, 2.24) is 5.16 Å². The Morgan fingerprint density at radius 2 is 1.82 bits per heavy atom. The van der Waals surface area contributed by atoms with Crippen LogP contribution >= 0.6 is 0 Å². The highest BCUT2D eigenvalue weighted by molar-refractivity contribution is 5.70. The van der Waals surface area contributed by atoms with Crippen molar-refractivity contribution in [2.45, 2.75) is 63.5 Å². The van der Waals surface area contributed by atoms with Crippen LogP contribution in [0.3, 0.4) is 0 Å². The van der Waals surface area contributed by atoms with Gasteiger partial charge in [-0.25, -0.2) is 0 Å². The number of para-hydroxylation sites is 1. The molecule has 0 aliphatic heterocycles. The lowest BCUT2D eigenvalue weighted by Gasteiger charge is -2.38. The number of aromatic nitrogens is 1. The number of alkyl halides is 3. The van der Waals surface area contributed by atoms with E-state index in [9.17, 15) is 13.2 Å². The number of ether oxygens (including phenoxy) is 2. The molecule has 0 N–H and O–H groups in total. The zero-order valence-corrected chi connectivity index (χ0v) is 20.8. The Bertz CT molecular complexity index is 1380. The van der Waals surface area contributed by atoms with Crippen molar-refractivity contribution in [1.29, 1.82) is 0 Å². The lowest BCUT2D eigenvalue weighted by molar-refractivity contribution is -0.274. The molecule has 3 atom stereocenters. The van der Waals surface area contributed by atoms with Gasteiger partial charge in [-0.05, 0) is 85.8 Å². The van der Waals surface area contributed by atoms with Crippen LogP contribution in [0.4, 0.5) is 13.2 Å². The van der Waals surface area contributed by atoms with Crippen molar-refractivity contribution in [2.24, 2.45) is 11.8 Å². The van der Waals surface area contributed by atoms with E-state index in [1.54, 1.807) is 12.1 Å². The van der Waals surface area contributed by atoms with Crippen LogP contribution in [0.1, 0.15) is 66.9 Å². The minimum Gasteiger partial charge on any atom is -0.405 e. The van der Waals surface area contributed by atoms with E-state index in [0.717, 1.165) is 55.4 Å². The van der Waals surface area contributed by atoms with Crippen molar-refractivity contribution in [3.8, 4) is 29.4 Å². The van der Waals surface area contributed by atoms with Gasteiger partial charge in [0.05, 0.1) is 12.7 Å². The van der Waals surface area contributed by atoms with Crippen LogP contribution in [0, 0.1) is 24.2 Å². The molecule has 0 spiro atoms. The summed E-state index contributed by atoms with van der Waals surface area (Å²) >= 11 is 0. The summed E-state index contributed by atoms with van der Waals surface area (Å²) in [4.78, 5) is 0. The van der Waals surface area contributed by atoms with Gasteiger partial charge < -0.3 is 14.0 Å². The third kappa shape index (κ3) is 5.37. The first-order valence-corrected chi connectivity index (χ1v) is 13.1. The standard InChI is InChI=1S/C31H28F3NO3/c1-2-19-7-9-22(10-8-19)24-14-20-13-21(15-24)17-25(16-20)36-18-27-29(35-38-30(27)23-11-12-23)26-5-3-4-6-28(26)37-31(32,33)34/h1,3-10,14,20-21,23,25H,11-13,15-18H2/t20-,21+,25+/m0/s1. The van der Waals surface area contributed by atoms with Gasteiger partial charge in [0, 0.05) is 22.6 Å². The Hall–Kier alpha value is -3.50. The van der Waals surface area contributed by atoms with Gasteiger partial charge in [0.15, 0.2) is 0 Å². The van der Waals surface area contributed by atoms with Gasteiger partial charge >= 0.3 is 6.36 Å². The summed E-state index contributed by atoms with van der Waals surface area (Å²) in [6, 6.07) is 14.2. The summed E-state index contributed by atoms with van der Waals surface area (Å²) in [7, 11) is 0. The van der Waals surface area contributed by atoms with Crippen molar-refractivity contribution < 1.29 is 27.2 Å². The molecule has 196 valence electrons. The quantitative estimate of drug-likeness (QED) is 0.298. The topological polar surface area (TPSA) is 44.5 Å². The van der Waals surface area contributed by atoms with Crippen molar-refractivity contribution in [3.05, 3.63) is 77.1 Å². The number of allylic oxidation sites excluding steroid dienone is 2. The molecule has 1 aromatic heterocycles. The monoisotopic (exact) mass is 519 g/mol. The largest absolute Gasteiger partial charge is 0.573 e. The molecule has 3 aliphatic rings. The van der Waals surface area contributed by atoms with Gasteiger partial charge in [0.2, 0.25) is 0 Å². The van der Waals surface area contributed by atoms with Gasteiger partial charge in [-0.15, -0.1) is 19.6 Å². The van der Waals surface area contributed by atoms with Gasteiger partial charge in [-0.2, -0.15) is 0 Å². The van der Waals surface area contributed by atoms with Crippen molar-refractivity contribution in [3.63, 3.8) is 0 Å². The number of hydrogen-bond donors (Lipinski definition) is 0. The van der Waals surface area contributed by atoms with Crippen LogP contribution in [0.2, 0.25) is 0 Å². The Morgan fingerprint density at radius 1 is 1.03 bits per heavy atom. The molecule has 0 saturated heterocycles. The second-order valence-corrected chi connectivity index (χ2v) is 10.6. The minimum absolute atomic E-state index is 0.0665. The fourth-order valence-corrected chi connectivity index (χ4v) is 5.94. The summed E-state index contributed by atoms with van der Waals surface area (Å²) in [6.45, 7) is 0.249. The molecular weight excluding hydrogens is 491 g/mol. The summed E-state index contributed by atoms with van der Waals surface area (Å²) in [5.74, 6) is 4.28. The van der Waals surface area contributed by atoms with Gasteiger partial charge in [-0.1, -0.05) is 41.4 Å². The molecule has 2 aromatic carbocycles. The third-order valence-corrected chi connectivity index (χ3v) is 7.76. The van der Waals surface area contributed by atoms with E-state index in [4.69, 9.17) is 15.7 Å². The van der Waals surface area contributed by atoms with Crippen molar-refractivity contribution in [2.75, 3.05) is 0 Å². The second-order valence-electron chi connectivity index (χ2n) is 10.6. The Morgan fingerprint density at radius 3 is 2.53 bits per heavy atom. The first-order chi connectivity index (χ1) is 18.4. The lowest BCUT2D eigenvalue weighted by atomic mass is 9.71. The molecule has 0 radical (unpaired) electrons. The fraction of sp³-hybridized carbons (Fsp3) is 0.387. The zero-order valence-electron chi connectivity index (χ0n) is 20.8. The molecule has 6 rings (SSSR count). The normalized spacial score (nSPS) is 23.0. The Kier molecular flexibility index (Phi) is 6.53. The van der Waals surface area contributed by atoms with Crippen LogP contribution in [-0.2, 0) is 11.3 Å². The molecule has 2 bridgehead atoms. The van der Waals surface area contributed by atoms with Gasteiger partial charge in [-0.3, -0.25) is 0 Å². The summed E-state index contributed by atoms with van der Waals surface area (Å²) < 4.78 is 55.6. The van der Waals surface area contributed by atoms with Crippen LogP contribution in [0.25, 0.3) is 16.8 Å². The van der Waals surface area contributed by atoms with Crippen LogP contribution in [-0.4, -0.2) is 17.6 Å². The van der Waals surface area contributed by atoms with Crippen molar-refractivity contribution >= 4 is 5.57 Å². The van der Waals surface area contributed by atoms with E-state index < -0.39 is 6.36 Å². The summed E-state index contributed by atoms with van der Waals surface area (Å²) in [5, 5.41) is 4.19. The smallest absolute Gasteiger partial charge is 0.405 e. The maximum absolute atomic E-state index is 13.1. The average molecular weight is 520 g/mol. The number of fused-ring (bicyclic) bond motifs is 2. The third-order valence-electron chi connectivity index (χ3n) is 7.76. The molecule has 1 heterocycles. The van der Waals surface area contributed by atoms with Gasteiger partial charge in [0.1, 0.15) is 17.2 Å². The molecule has 2 saturated carbocycles. The first kappa shape index (κ1) is 24.8. The highest BCUT2D eigenvalue weighted by Gasteiger charge is 2.37. The Balaban J connectivity index is 1.19. The molecule has 0 amide bonds. The molecule has 0 unspecified atom stereocenters. The summed E-state index contributed by atoms with van der Waals surface area (Å²) in [5.41, 5.74) is 4.81. The molecule has 3 aliphatic carbocycles. The predicted octanol–water partition coefficient (Wildman–Crippen LogP) is 7.89. The Labute approximate surface area is 219 Å². The fourth-order valence-electron chi connectivity index (χ4n) is 5.94. The number of nitrogens with zero attached hydrogens (tertiary/aromatic N) is 1. The molecular formula is C31H28F3NO3. The molecule has 38 heavy (non-hydrogen) atoms. The first-order valence-electron chi connectivity index (χ1n) is 13.1. The van der Waals surface area contributed by atoms with E-state index in [-0.39, 0.29) is 29.9 Å². The van der Waals surface area contributed by atoms with E-state index in [2.05, 4.69) is 34.0 Å². The van der Waals surface area contributed by atoms with E-state index in [1.807, 2.05) is 12.1 Å². The minimum atomic E-state index is -4.80. The number of halogens is 3. The van der Waals surface area contributed by atoms with Crippen LogP contribution in [0.5, 0.6) is 5.75 Å². The molecule has 2 fully saturated rings. The number of benzene rings is 2. The lowest BCUT2D eigenvalue weighted by Crippen LogP contribution is -2.30. The summed E-state index contributed by atoms with van der Waals surface area (Å²) in [6.07, 6.45) is 9.11. The predicted molar refractivity (Wildman–Crippen MR) is 137 cm³/mol. The second kappa shape index (κ2) is 9.99. The number of rotatable bonds is 7. The zero-order chi connectivity index (χ0) is 26.3. The van der Waals surface area contributed by atoms with E-state index in [0.29, 0.717) is 17.5 Å². The molecule has 7 heteroatoms. The van der Waals surface area contributed by atoms with E-state index in [1.165, 1.54) is 23.3 Å². The van der Waals surface area contributed by atoms with Crippen LogP contribution < -0.4 is 4.74 Å². The molecule has 4 nitrogen and oxygen atoms in total. The van der Waals surface area contributed by atoms with E-state index >= 15 is 0 Å². The SMILES string of the molecule is C#Cc1ccc(C2=C[C@@H]3C[C@H](C2)C[C@H](OCc2c(-c4ccccc4OC(F)(F)F)noc2C2CC2)C3)cc1. The maximum Gasteiger partial charge on any atom is 0.573 e. The molecule has 3 aromatic rings. The average Bonchev–Trinajstić information content (AvgIpc) is 3.65. The number of hydrogen-bond acceptors (Lipinski definition) is 4. The van der Waals surface area contributed by atoms with Crippen LogP contribution in [0.15, 0.2) is 59.1 Å². The highest BCUT2D eigenvalue weighted by Crippen LogP contribution is 2.47. The van der Waals surface area contributed by atoms with Gasteiger partial charge in [0.25, 0.3) is 0 Å². The highest BCUT2D eigenvalue weighted by atomic mass is 19.4. The maximum atomic E-state index is 13.1.